The molecule has 0 aliphatic heterocycles. The monoisotopic (exact) mass is 260 g/mol. The summed E-state index contributed by atoms with van der Waals surface area (Å²) in [6.07, 6.45) is 2.99. The van der Waals surface area contributed by atoms with Crippen molar-refractivity contribution in [3.05, 3.63) is 29.5 Å². The van der Waals surface area contributed by atoms with Crippen molar-refractivity contribution in [3.63, 3.8) is 0 Å². The molecule has 3 heteroatoms. The molecule has 2 N–H and O–H groups in total. The van der Waals surface area contributed by atoms with E-state index in [0.717, 1.165) is 30.4 Å². The van der Waals surface area contributed by atoms with Crippen LogP contribution in [0.4, 0.5) is 0 Å². The molecule has 1 aromatic heterocycles. The number of aromatic nitrogens is 1. The molecule has 2 rings (SSSR count). The highest BCUT2D eigenvalue weighted by Gasteiger charge is 2.12. The summed E-state index contributed by atoms with van der Waals surface area (Å²) in [5, 5.41) is 11.0. The van der Waals surface area contributed by atoms with Crippen LogP contribution in [0.5, 0.6) is 5.75 Å². The maximum Gasteiger partial charge on any atom is 0.125 e. The van der Waals surface area contributed by atoms with E-state index in [1.54, 1.807) is 6.07 Å². The van der Waals surface area contributed by atoms with Gasteiger partial charge in [0.25, 0.3) is 0 Å². The van der Waals surface area contributed by atoms with Gasteiger partial charge in [0.1, 0.15) is 5.75 Å². The van der Waals surface area contributed by atoms with Crippen LogP contribution in [0.2, 0.25) is 0 Å². The summed E-state index contributed by atoms with van der Waals surface area (Å²) in [6.45, 7) is 10.8. The van der Waals surface area contributed by atoms with Gasteiger partial charge in [-0.3, -0.25) is 0 Å². The Morgan fingerprint density at radius 1 is 1.32 bits per heavy atom. The van der Waals surface area contributed by atoms with Gasteiger partial charge in [0.2, 0.25) is 0 Å². The molecule has 0 fully saturated rings. The summed E-state index contributed by atoms with van der Waals surface area (Å²) in [7, 11) is 0. The Balaban J connectivity index is 2.24. The van der Waals surface area contributed by atoms with Crippen molar-refractivity contribution < 1.29 is 5.11 Å². The van der Waals surface area contributed by atoms with E-state index in [0.29, 0.717) is 11.8 Å². The van der Waals surface area contributed by atoms with Crippen molar-refractivity contribution in [2.75, 3.05) is 13.1 Å². The molecule has 0 amide bonds. The second kappa shape index (κ2) is 5.66. The predicted molar refractivity (Wildman–Crippen MR) is 80.8 cm³/mol. The van der Waals surface area contributed by atoms with Gasteiger partial charge in [-0.25, -0.2) is 0 Å². The summed E-state index contributed by atoms with van der Waals surface area (Å²) in [4.78, 5) is 5.73. The third-order valence-corrected chi connectivity index (χ3v) is 3.91. The molecule has 0 spiro atoms. The molecule has 1 aromatic carbocycles. The zero-order valence-electron chi connectivity index (χ0n) is 12.3. The van der Waals surface area contributed by atoms with Crippen molar-refractivity contribution in [1.82, 2.24) is 9.88 Å². The number of aromatic amines is 1. The molecule has 1 heterocycles. The van der Waals surface area contributed by atoms with E-state index in [1.165, 1.54) is 11.1 Å². The van der Waals surface area contributed by atoms with Crippen molar-refractivity contribution >= 4 is 10.9 Å². The molecule has 0 atom stereocenters. The van der Waals surface area contributed by atoms with Gasteiger partial charge in [-0.2, -0.15) is 0 Å². The number of H-pyrrole nitrogens is 1. The van der Waals surface area contributed by atoms with Gasteiger partial charge in [0.15, 0.2) is 0 Å². The minimum absolute atomic E-state index is 0.379. The number of aryl methyl sites for hydroxylation is 1. The fraction of sp³-hybridized carbons (Fsp3) is 0.500. The van der Waals surface area contributed by atoms with Crippen molar-refractivity contribution in [2.24, 2.45) is 0 Å². The van der Waals surface area contributed by atoms with Gasteiger partial charge < -0.3 is 15.0 Å². The van der Waals surface area contributed by atoms with Crippen molar-refractivity contribution in [3.8, 4) is 5.75 Å². The largest absolute Gasteiger partial charge is 0.507 e. The minimum Gasteiger partial charge on any atom is -0.507 e. The molecular formula is C16H24N2O. The lowest BCUT2D eigenvalue weighted by Crippen LogP contribution is -2.32. The summed E-state index contributed by atoms with van der Waals surface area (Å²) in [6, 6.07) is 4.30. The second-order valence-corrected chi connectivity index (χ2v) is 5.44. The van der Waals surface area contributed by atoms with Crippen LogP contribution in [0.15, 0.2) is 18.3 Å². The Morgan fingerprint density at radius 3 is 2.68 bits per heavy atom. The minimum atomic E-state index is 0.379. The van der Waals surface area contributed by atoms with E-state index in [2.05, 4.69) is 37.6 Å². The van der Waals surface area contributed by atoms with Crippen LogP contribution in [0.1, 0.15) is 31.9 Å². The first-order chi connectivity index (χ1) is 9.04. The molecule has 0 unspecified atom stereocenters. The number of likely N-dealkylation sites (N-methyl/N-ethyl adjacent to an activating group) is 1. The Bertz CT molecular complexity index is 557. The number of phenolic OH excluding ortho intramolecular Hbond substituents is 1. The van der Waals surface area contributed by atoms with Crippen molar-refractivity contribution in [1.29, 1.82) is 0 Å². The highest BCUT2D eigenvalue weighted by atomic mass is 16.3. The number of nitrogens with one attached hydrogen (secondary N) is 1. The fourth-order valence-corrected chi connectivity index (χ4v) is 2.68. The number of aromatic hydroxyl groups is 1. The Morgan fingerprint density at radius 2 is 2.05 bits per heavy atom. The molecule has 19 heavy (non-hydrogen) atoms. The maximum absolute atomic E-state index is 10.1. The first-order valence-electron chi connectivity index (χ1n) is 7.07. The van der Waals surface area contributed by atoms with E-state index in [9.17, 15) is 5.11 Å². The van der Waals surface area contributed by atoms with E-state index in [-0.39, 0.29) is 0 Å². The summed E-state index contributed by atoms with van der Waals surface area (Å²) >= 11 is 0. The highest BCUT2D eigenvalue weighted by Crippen LogP contribution is 2.30. The van der Waals surface area contributed by atoms with Gasteiger partial charge in [-0.05, 0) is 50.9 Å². The molecule has 0 radical (unpaired) electrons. The molecule has 0 saturated carbocycles. The number of nitrogens with zero attached hydrogens (tertiary/aromatic N) is 1. The summed E-state index contributed by atoms with van der Waals surface area (Å²) < 4.78 is 0. The number of hydrogen-bond donors (Lipinski definition) is 2. The second-order valence-electron chi connectivity index (χ2n) is 5.44. The molecule has 3 nitrogen and oxygen atoms in total. The third-order valence-electron chi connectivity index (χ3n) is 3.91. The number of fused-ring (bicyclic) bond motifs is 1. The number of hydrogen-bond acceptors (Lipinski definition) is 2. The SMILES string of the molecule is CCN(CCc1c[nH]c2c(C)ccc(O)c12)C(C)C. The summed E-state index contributed by atoms with van der Waals surface area (Å²) in [5.41, 5.74) is 3.44. The van der Waals surface area contributed by atoms with E-state index in [1.807, 2.05) is 12.3 Å². The maximum atomic E-state index is 10.1. The molecule has 0 aliphatic rings. The van der Waals surface area contributed by atoms with Gasteiger partial charge in [-0.1, -0.05) is 13.0 Å². The van der Waals surface area contributed by atoms with Crippen LogP contribution >= 0.6 is 0 Å². The number of rotatable bonds is 5. The Kier molecular flexibility index (Phi) is 4.15. The average molecular weight is 260 g/mol. The number of phenols is 1. The molecule has 2 aromatic rings. The quantitative estimate of drug-likeness (QED) is 0.864. The van der Waals surface area contributed by atoms with Gasteiger partial charge >= 0.3 is 0 Å². The normalized spacial score (nSPS) is 11.9. The van der Waals surface area contributed by atoms with E-state index < -0.39 is 0 Å². The number of benzene rings is 1. The lowest BCUT2D eigenvalue weighted by atomic mass is 10.1. The van der Waals surface area contributed by atoms with Gasteiger partial charge in [-0.15, -0.1) is 0 Å². The zero-order chi connectivity index (χ0) is 14.0. The van der Waals surface area contributed by atoms with Crippen LogP contribution in [0, 0.1) is 6.92 Å². The average Bonchev–Trinajstić information content (AvgIpc) is 2.79. The van der Waals surface area contributed by atoms with Crippen LogP contribution in [-0.4, -0.2) is 34.1 Å². The first-order valence-corrected chi connectivity index (χ1v) is 7.07. The molecular weight excluding hydrogens is 236 g/mol. The fourth-order valence-electron chi connectivity index (χ4n) is 2.68. The highest BCUT2D eigenvalue weighted by molar-refractivity contribution is 5.91. The third kappa shape index (κ3) is 2.76. The first kappa shape index (κ1) is 13.9. The standard InChI is InChI=1S/C16H24N2O/c1-5-18(11(2)3)9-8-13-10-17-16-12(4)6-7-14(19)15(13)16/h6-7,10-11,17,19H,5,8-9H2,1-4H3. The topological polar surface area (TPSA) is 39.3 Å². The molecule has 0 bridgehead atoms. The van der Waals surface area contributed by atoms with E-state index in [4.69, 9.17) is 0 Å². The zero-order valence-corrected chi connectivity index (χ0v) is 12.3. The smallest absolute Gasteiger partial charge is 0.125 e. The molecule has 0 saturated heterocycles. The lowest BCUT2D eigenvalue weighted by Gasteiger charge is -2.24. The molecule has 104 valence electrons. The van der Waals surface area contributed by atoms with Crippen molar-refractivity contribution in [2.45, 2.75) is 40.2 Å². The summed E-state index contributed by atoms with van der Waals surface area (Å²) in [5.74, 6) is 0.379. The van der Waals surface area contributed by atoms with Gasteiger partial charge in [0.05, 0.1) is 5.52 Å². The predicted octanol–water partition coefficient (Wildman–Crippen LogP) is 3.45. The van der Waals surface area contributed by atoms with E-state index >= 15 is 0 Å². The van der Waals surface area contributed by atoms with Crippen LogP contribution in [0.25, 0.3) is 10.9 Å². The van der Waals surface area contributed by atoms with Crippen LogP contribution in [0.3, 0.4) is 0 Å². The van der Waals surface area contributed by atoms with Gasteiger partial charge in [0, 0.05) is 24.2 Å². The van der Waals surface area contributed by atoms with Crippen LogP contribution < -0.4 is 0 Å². The Labute approximate surface area is 115 Å². The lowest BCUT2D eigenvalue weighted by molar-refractivity contribution is 0.237. The van der Waals surface area contributed by atoms with Crippen LogP contribution in [-0.2, 0) is 6.42 Å². The molecule has 0 aliphatic carbocycles. The Hall–Kier alpha value is -1.48.